The Kier molecular flexibility index (Phi) is 4.67. The fourth-order valence-corrected chi connectivity index (χ4v) is 2.34. The van der Waals surface area contributed by atoms with Crippen LogP contribution in [0.4, 0.5) is 0 Å². The van der Waals surface area contributed by atoms with E-state index in [1.54, 1.807) is 31.2 Å². The van der Waals surface area contributed by atoms with Gasteiger partial charge in [-0.1, -0.05) is 35.5 Å². The van der Waals surface area contributed by atoms with Gasteiger partial charge in [-0.25, -0.2) is 0 Å². The summed E-state index contributed by atoms with van der Waals surface area (Å²) >= 11 is 0. The summed E-state index contributed by atoms with van der Waals surface area (Å²) in [4.78, 5) is 16.5. The number of aryl methyl sites for hydroxylation is 1. The number of amides is 1. The third-order valence-electron chi connectivity index (χ3n) is 3.61. The second-order valence-corrected chi connectivity index (χ2v) is 5.34. The summed E-state index contributed by atoms with van der Waals surface area (Å²) in [5.41, 5.74) is 2.09. The molecular weight excluding hydrogens is 306 g/mol. The lowest BCUT2D eigenvalue weighted by molar-refractivity contribution is 0.0916. The van der Waals surface area contributed by atoms with Crippen molar-refractivity contribution in [1.82, 2.24) is 15.5 Å². The summed E-state index contributed by atoms with van der Waals surface area (Å²) in [7, 11) is 0. The maximum Gasteiger partial charge on any atom is 0.257 e. The van der Waals surface area contributed by atoms with Crippen molar-refractivity contribution in [3.05, 3.63) is 71.5 Å². The zero-order valence-electron chi connectivity index (χ0n) is 13.1. The second-order valence-electron chi connectivity index (χ2n) is 5.34. The van der Waals surface area contributed by atoms with E-state index in [9.17, 15) is 9.90 Å². The summed E-state index contributed by atoms with van der Waals surface area (Å²) < 4.78 is 5.10. The number of carbonyl (C=O) groups excluding carboxylic acids is 1. The smallest absolute Gasteiger partial charge is 0.257 e. The Balaban J connectivity index is 1.73. The van der Waals surface area contributed by atoms with Gasteiger partial charge in [0.2, 0.25) is 0 Å². The molecule has 0 bridgehead atoms. The third-order valence-corrected chi connectivity index (χ3v) is 3.61. The molecule has 1 heterocycles. The first-order valence-electron chi connectivity index (χ1n) is 7.55. The highest BCUT2D eigenvalue weighted by Gasteiger charge is 2.15. The maximum absolute atomic E-state index is 12.4. The zero-order chi connectivity index (χ0) is 16.9. The molecule has 0 aliphatic carbocycles. The number of aromatic nitrogens is 2. The molecule has 24 heavy (non-hydrogen) atoms. The third kappa shape index (κ3) is 3.49. The number of carbonyl (C=O) groups is 1. The summed E-state index contributed by atoms with van der Waals surface area (Å²) in [5.74, 6) is 0.712. The lowest BCUT2D eigenvalue weighted by Gasteiger charge is -2.16. The molecule has 0 fully saturated rings. The zero-order valence-corrected chi connectivity index (χ0v) is 13.1. The Morgan fingerprint density at radius 1 is 1.17 bits per heavy atom. The summed E-state index contributed by atoms with van der Waals surface area (Å²) in [6, 6.07) is 15.8. The van der Waals surface area contributed by atoms with Gasteiger partial charge < -0.3 is 14.9 Å². The van der Waals surface area contributed by atoms with Gasteiger partial charge in [0.25, 0.3) is 11.8 Å². The first kappa shape index (κ1) is 15.9. The van der Waals surface area contributed by atoms with Crippen LogP contribution in [0.2, 0.25) is 0 Å². The average molecular weight is 323 g/mol. The number of rotatable bonds is 5. The minimum atomic E-state index is -0.447. The molecule has 0 saturated heterocycles. The summed E-state index contributed by atoms with van der Waals surface area (Å²) in [5, 5.41) is 16.1. The standard InChI is InChI=1S/C18H17N3O3/c1-12-19-18(24-21-12)15-9-7-14(8-10-15)17(23)20-16(11-22)13-5-3-2-4-6-13/h2-10,16,22H,11H2,1H3,(H,20,23). The first-order valence-corrected chi connectivity index (χ1v) is 7.55. The van der Waals surface area contributed by atoms with E-state index < -0.39 is 6.04 Å². The lowest BCUT2D eigenvalue weighted by Crippen LogP contribution is -2.30. The van der Waals surface area contributed by atoms with Gasteiger partial charge in [0.1, 0.15) is 0 Å². The molecule has 1 atom stereocenters. The Morgan fingerprint density at radius 2 is 1.88 bits per heavy atom. The van der Waals surface area contributed by atoms with Crippen LogP contribution in [0.25, 0.3) is 11.5 Å². The van der Waals surface area contributed by atoms with Gasteiger partial charge in [0.15, 0.2) is 5.82 Å². The highest BCUT2D eigenvalue weighted by molar-refractivity contribution is 5.94. The van der Waals surface area contributed by atoms with Gasteiger partial charge in [0.05, 0.1) is 12.6 Å². The fraction of sp³-hybridized carbons (Fsp3) is 0.167. The highest BCUT2D eigenvalue weighted by Crippen LogP contribution is 2.18. The van der Waals surface area contributed by atoms with E-state index >= 15 is 0 Å². The van der Waals surface area contributed by atoms with Gasteiger partial charge >= 0.3 is 0 Å². The highest BCUT2D eigenvalue weighted by atomic mass is 16.5. The van der Waals surface area contributed by atoms with E-state index in [0.717, 1.165) is 11.1 Å². The van der Waals surface area contributed by atoms with Crippen LogP contribution >= 0.6 is 0 Å². The van der Waals surface area contributed by atoms with Crippen LogP contribution in [0.1, 0.15) is 27.8 Å². The van der Waals surface area contributed by atoms with Crippen molar-refractivity contribution in [1.29, 1.82) is 0 Å². The van der Waals surface area contributed by atoms with E-state index in [1.165, 1.54) is 0 Å². The Morgan fingerprint density at radius 3 is 2.46 bits per heavy atom. The summed E-state index contributed by atoms with van der Waals surface area (Å²) in [6.45, 7) is 1.57. The molecule has 6 nitrogen and oxygen atoms in total. The van der Waals surface area contributed by atoms with Crippen LogP contribution < -0.4 is 5.32 Å². The fourth-order valence-electron chi connectivity index (χ4n) is 2.34. The number of hydrogen-bond donors (Lipinski definition) is 2. The number of hydrogen-bond acceptors (Lipinski definition) is 5. The minimum absolute atomic E-state index is 0.172. The van der Waals surface area contributed by atoms with Gasteiger partial charge in [-0.3, -0.25) is 4.79 Å². The van der Waals surface area contributed by atoms with Crippen molar-refractivity contribution in [2.45, 2.75) is 13.0 Å². The predicted molar refractivity (Wildman–Crippen MR) is 88.2 cm³/mol. The molecule has 0 radical (unpaired) electrons. The Hall–Kier alpha value is -2.99. The monoisotopic (exact) mass is 323 g/mol. The van der Waals surface area contributed by atoms with E-state index in [4.69, 9.17) is 4.52 Å². The molecule has 1 unspecified atom stereocenters. The molecule has 2 N–H and O–H groups in total. The van der Waals surface area contributed by atoms with E-state index in [2.05, 4.69) is 15.5 Å². The van der Waals surface area contributed by atoms with Crippen LogP contribution in [0.3, 0.4) is 0 Å². The van der Waals surface area contributed by atoms with Gasteiger partial charge in [-0.2, -0.15) is 4.98 Å². The molecular formula is C18H17N3O3. The van der Waals surface area contributed by atoms with Crippen molar-refractivity contribution in [3.8, 4) is 11.5 Å². The molecule has 6 heteroatoms. The number of nitrogens with zero attached hydrogens (tertiary/aromatic N) is 2. The molecule has 0 spiro atoms. The number of nitrogens with one attached hydrogen (secondary N) is 1. The molecule has 0 aliphatic rings. The SMILES string of the molecule is Cc1noc(-c2ccc(C(=O)NC(CO)c3ccccc3)cc2)n1. The van der Waals surface area contributed by atoms with Crippen LogP contribution in [0.15, 0.2) is 59.1 Å². The van der Waals surface area contributed by atoms with Gasteiger partial charge in [-0.05, 0) is 36.8 Å². The van der Waals surface area contributed by atoms with Crippen molar-refractivity contribution in [2.75, 3.05) is 6.61 Å². The van der Waals surface area contributed by atoms with Crippen molar-refractivity contribution in [3.63, 3.8) is 0 Å². The quantitative estimate of drug-likeness (QED) is 0.753. The Bertz CT molecular complexity index is 813. The van der Waals surface area contributed by atoms with Crippen molar-refractivity contribution >= 4 is 5.91 Å². The molecule has 1 aromatic heterocycles. The average Bonchev–Trinajstić information content (AvgIpc) is 3.07. The lowest BCUT2D eigenvalue weighted by atomic mass is 10.1. The molecule has 122 valence electrons. The second kappa shape index (κ2) is 7.06. The molecule has 1 amide bonds. The first-order chi connectivity index (χ1) is 11.7. The number of benzene rings is 2. The Labute approximate surface area is 139 Å². The van der Waals surface area contributed by atoms with E-state index in [0.29, 0.717) is 17.3 Å². The van der Waals surface area contributed by atoms with Gasteiger partial charge in [-0.15, -0.1) is 0 Å². The van der Waals surface area contributed by atoms with Crippen LogP contribution in [-0.2, 0) is 0 Å². The predicted octanol–water partition coefficient (Wildman–Crippen LogP) is 2.51. The molecule has 3 rings (SSSR count). The van der Waals surface area contributed by atoms with E-state index in [-0.39, 0.29) is 12.5 Å². The molecule has 3 aromatic rings. The van der Waals surface area contributed by atoms with Crippen LogP contribution in [0.5, 0.6) is 0 Å². The minimum Gasteiger partial charge on any atom is -0.394 e. The molecule has 0 aliphatic heterocycles. The van der Waals surface area contributed by atoms with Gasteiger partial charge in [0, 0.05) is 11.1 Å². The van der Waals surface area contributed by atoms with Crippen molar-refractivity contribution < 1.29 is 14.4 Å². The van der Waals surface area contributed by atoms with Crippen molar-refractivity contribution in [2.24, 2.45) is 0 Å². The maximum atomic E-state index is 12.4. The molecule has 2 aromatic carbocycles. The van der Waals surface area contributed by atoms with E-state index in [1.807, 2.05) is 30.3 Å². The van der Waals surface area contributed by atoms with Crippen LogP contribution in [0, 0.1) is 6.92 Å². The summed E-state index contributed by atoms with van der Waals surface area (Å²) in [6.07, 6.45) is 0. The largest absolute Gasteiger partial charge is 0.394 e. The molecule has 0 saturated carbocycles. The normalized spacial score (nSPS) is 11.9. The number of aliphatic hydroxyl groups is 1. The van der Waals surface area contributed by atoms with Crippen LogP contribution in [-0.4, -0.2) is 27.8 Å². The number of aliphatic hydroxyl groups excluding tert-OH is 1. The topological polar surface area (TPSA) is 88.2 Å².